The Bertz CT molecular complexity index is 1070. The van der Waals surface area contributed by atoms with Gasteiger partial charge in [0.25, 0.3) is 0 Å². The minimum Gasteiger partial charge on any atom is -0.386 e. The van der Waals surface area contributed by atoms with Crippen LogP contribution >= 0.6 is 0 Å². The quantitative estimate of drug-likeness (QED) is 0.519. The van der Waals surface area contributed by atoms with Gasteiger partial charge in [0, 0.05) is 11.3 Å². The van der Waals surface area contributed by atoms with Crippen molar-refractivity contribution in [3.05, 3.63) is 71.4 Å². The Morgan fingerprint density at radius 3 is 2.65 bits per heavy atom. The third-order valence-corrected chi connectivity index (χ3v) is 5.07. The molecular formula is C19H18N6O. The summed E-state index contributed by atoms with van der Waals surface area (Å²) in [5.41, 5.74) is 4.38. The number of para-hydroxylation sites is 1. The van der Waals surface area contributed by atoms with E-state index in [1.54, 1.807) is 0 Å². The molecule has 26 heavy (non-hydrogen) atoms. The van der Waals surface area contributed by atoms with Crippen LogP contribution in [0.5, 0.6) is 0 Å². The smallest absolute Gasteiger partial charge is 0.154 e. The first kappa shape index (κ1) is 15.1. The van der Waals surface area contributed by atoms with E-state index in [4.69, 9.17) is 0 Å². The first-order chi connectivity index (χ1) is 12.7. The summed E-state index contributed by atoms with van der Waals surface area (Å²) in [6, 6.07) is 17.3. The topological polar surface area (TPSA) is 91.6 Å². The molecule has 1 aliphatic heterocycles. The van der Waals surface area contributed by atoms with Gasteiger partial charge in [-0.1, -0.05) is 47.7 Å². The zero-order chi connectivity index (χ0) is 17.7. The van der Waals surface area contributed by atoms with Crippen molar-refractivity contribution in [2.45, 2.75) is 25.1 Å². The standard InChI is InChI=1S/C19H18N6O/c1-11-15-18(26)17(25-14-10-6-5-9-13(14)22-24-25)16(20-19(15)23-21-11)12-7-3-2-4-8-12/h2-10,16-18,26H,1H3,(H2,20,21,23)/t16-,17-,18-/m1/s1. The largest absolute Gasteiger partial charge is 0.386 e. The van der Waals surface area contributed by atoms with Crippen molar-refractivity contribution < 1.29 is 5.11 Å². The Labute approximate surface area is 149 Å². The lowest BCUT2D eigenvalue weighted by Gasteiger charge is -2.36. The molecule has 7 nitrogen and oxygen atoms in total. The summed E-state index contributed by atoms with van der Waals surface area (Å²) >= 11 is 0. The third-order valence-electron chi connectivity index (χ3n) is 5.07. The molecule has 3 N–H and O–H groups in total. The van der Waals surface area contributed by atoms with E-state index in [1.807, 2.05) is 66.2 Å². The number of anilines is 1. The van der Waals surface area contributed by atoms with Gasteiger partial charge in [-0.3, -0.25) is 5.10 Å². The number of hydrogen-bond donors (Lipinski definition) is 3. The van der Waals surface area contributed by atoms with Gasteiger partial charge in [-0.15, -0.1) is 5.10 Å². The van der Waals surface area contributed by atoms with E-state index in [2.05, 4.69) is 25.8 Å². The molecule has 0 saturated heterocycles. The molecule has 2 aromatic carbocycles. The normalized spacial score (nSPS) is 22.2. The molecular weight excluding hydrogens is 328 g/mol. The SMILES string of the molecule is Cc1[nH]nc2c1[C@@H](O)[C@H](n1nnc3ccccc31)[C@@H](c1ccccc1)N2. The molecule has 2 aromatic heterocycles. The third kappa shape index (κ3) is 2.14. The van der Waals surface area contributed by atoms with E-state index in [1.165, 1.54) is 0 Å². The summed E-state index contributed by atoms with van der Waals surface area (Å²) in [7, 11) is 0. The van der Waals surface area contributed by atoms with Crippen LogP contribution in [0.15, 0.2) is 54.6 Å². The van der Waals surface area contributed by atoms with Gasteiger partial charge in [-0.25, -0.2) is 4.68 Å². The van der Waals surface area contributed by atoms with Crippen LogP contribution in [0.3, 0.4) is 0 Å². The number of aromatic amines is 1. The monoisotopic (exact) mass is 346 g/mol. The lowest BCUT2D eigenvalue weighted by molar-refractivity contribution is 0.0901. The molecule has 1 aliphatic rings. The Hall–Kier alpha value is -3.19. The van der Waals surface area contributed by atoms with Crippen LogP contribution in [-0.4, -0.2) is 30.3 Å². The van der Waals surface area contributed by atoms with E-state index >= 15 is 0 Å². The average molecular weight is 346 g/mol. The Balaban J connectivity index is 1.72. The fourth-order valence-corrected chi connectivity index (χ4v) is 3.82. The minimum atomic E-state index is -0.764. The molecule has 0 amide bonds. The summed E-state index contributed by atoms with van der Waals surface area (Å²) in [5, 5.41) is 30.7. The fourth-order valence-electron chi connectivity index (χ4n) is 3.82. The van der Waals surface area contributed by atoms with Crippen LogP contribution in [0.25, 0.3) is 11.0 Å². The number of aliphatic hydroxyl groups excluding tert-OH is 1. The van der Waals surface area contributed by atoms with Crippen molar-refractivity contribution in [3.63, 3.8) is 0 Å². The molecule has 3 heterocycles. The molecule has 0 spiro atoms. The van der Waals surface area contributed by atoms with Gasteiger partial charge in [0.05, 0.1) is 11.6 Å². The predicted molar refractivity (Wildman–Crippen MR) is 97.7 cm³/mol. The molecule has 130 valence electrons. The summed E-state index contributed by atoms with van der Waals surface area (Å²) in [5.74, 6) is 0.685. The second kappa shape index (κ2) is 5.67. The van der Waals surface area contributed by atoms with Crippen LogP contribution in [0, 0.1) is 6.92 Å². The van der Waals surface area contributed by atoms with Crippen LogP contribution < -0.4 is 5.32 Å². The van der Waals surface area contributed by atoms with E-state index in [0.29, 0.717) is 5.82 Å². The molecule has 0 radical (unpaired) electrons. The summed E-state index contributed by atoms with van der Waals surface area (Å²) < 4.78 is 1.82. The van der Waals surface area contributed by atoms with Crippen molar-refractivity contribution in [1.82, 2.24) is 25.2 Å². The lowest BCUT2D eigenvalue weighted by atomic mass is 9.87. The lowest BCUT2D eigenvalue weighted by Crippen LogP contribution is -2.34. The number of nitrogens with one attached hydrogen (secondary N) is 2. The molecule has 0 bridgehead atoms. The number of hydrogen-bond acceptors (Lipinski definition) is 5. The predicted octanol–water partition coefficient (Wildman–Crippen LogP) is 2.90. The molecule has 0 unspecified atom stereocenters. The molecule has 0 aliphatic carbocycles. The molecule has 4 aromatic rings. The molecule has 0 fully saturated rings. The number of rotatable bonds is 2. The molecule has 7 heteroatoms. The maximum Gasteiger partial charge on any atom is 0.154 e. The second-order valence-corrected chi connectivity index (χ2v) is 6.60. The highest BCUT2D eigenvalue weighted by Crippen LogP contribution is 2.46. The number of H-pyrrole nitrogens is 1. The zero-order valence-corrected chi connectivity index (χ0v) is 14.2. The first-order valence-electron chi connectivity index (χ1n) is 8.58. The van der Waals surface area contributed by atoms with Crippen LogP contribution in [0.2, 0.25) is 0 Å². The van der Waals surface area contributed by atoms with Gasteiger partial charge < -0.3 is 10.4 Å². The van der Waals surface area contributed by atoms with Gasteiger partial charge in [0.15, 0.2) is 5.82 Å². The van der Waals surface area contributed by atoms with Crippen molar-refractivity contribution in [3.8, 4) is 0 Å². The first-order valence-corrected chi connectivity index (χ1v) is 8.58. The van der Waals surface area contributed by atoms with Gasteiger partial charge in [0.2, 0.25) is 0 Å². The maximum atomic E-state index is 11.3. The Morgan fingerprint density at radius 1 is 1.04 bits per heavy atom. The summed E-state index contributed by atoms with van der Waals surface area (Å²) in [4.78, 5) is 0. The van der Waals surface area contributed by atoms with Crippen molar-refractivity contribution in [2.75, 3.05) is 5.32 Å². The van der Waals surface area contributed by atoms with Crippen LogP contribution in [0.4, 0.5) is 5.82 Å². The highest BCUT2D eigenvalue weighted by atomic mass is 16.3. The number of aromatic nitrogens is 5. The summed E-state index contributed by atoms with van der Waals surface area (Å²) in [6.07, 6.45) is -0.764. The van der Waals surface area contributed by atoms with Crippen LogP contribution in [-0.2, 0) is 0 Å². The number of aliphatic hydroxyl groups is 1. The van der Waals surface area contributed by atoms with E-state index < -0.39 is 6.10 Å². The van der Waals surface area contributed by atoms with Crippen molar-refractivity contribution in [1.29, 1.82) is 0 Å². The van der Waals surface area contributed by atoms with Gasteiger partial charge in [0.1, 0.15) is 17.7 Å². The minimum absolute atomic E-state index is 0.188. The fraction of sp³-hybridized carbons (Fsp3) is 0.211. The van der Waals surface area contributed by atoms with E-state index in [0.717, 1.165) is 27.9 Å². The highest BCUT2D eigenvalue weighted by Gasteiger charge is 2.41. The molecule has 5 rings (SSSR count). The van der Waals surface area contributed by atoms with E-state index in [9.17, 15) is 5.11 Å². The zero-order valence-electron chi connectivity index (χ0n) is 14.2. The van der Waals surface area contributed by atoms with Crippen molar-refractivity contribution >= 4 is 16.9 Å². The maximum absolute atomic E-state index is 11.3. The Morgan fingerprint density at radius 2 is 1.81 bits per heavy atom. The second-order valence-electron chi connectivity index (χ2n) is 6.60. The molecule has 3 atom stereocenters. The van der Waals surface area contributed by atoms with Crippen molar-refractivity contribution in [2.24, 2.45) is 0 Å². The van der Waals surface area contributed by atoms with Crippen LogP contribution in [0.1, 0.15) is 35.0 Å². The average Bonchev–Trinajstić information content (AvgIpc) is 3.26. The number of benzene rings is 2. The summed E-state index contributed by atoms with van der Waals surface area (Å²) in [6.45, 7) is 1.91. The van der Waals surface area contributed by atoms with Gasteiger partial charge in [-0.2, -0.15) is 5.10 Å². The molecule has 0 saturated carbocycles. The number of nitrogens with zero attached hydrogens (tertiary/aromatic N) is 4. The number of fused-ring (bicyclic) bond motifs is 2. The Kier molecular flexibility index (Phi) is 3.29. The number of aryl methyl sites for hydroxylation is 1. The highest BCUT2D eigenvalue weighted by molar-refractivity contribution is 5.74. The van der Waals surface area contributed by atoms with E-state index in [-0.39, 0.29) is 12.1 Å². The van der Waals surface area contributed by atoms with Gasteiger partial charge >= 0.3 is 0 Å². The van der Waals surface area contributed by atoms with Gasteiger partial charge in [-0.05, 0) is 24.6 Å².